The Morgan fingerprint density at radius 3 is 2.48 bits per heavy atom. The predicted octanol–water partition coefficient (Wildman–Crippen LogP) is 2.95. The minimum atomic E-state index is -0.778. The topological polar surface area (TPSA) is 67.2 Å². The van der Waals surface area contributed by atoms with Crippen LogP contribution in [0.25, 0.3) is 0 Å². The fraction of sp³-hybridized carbons (Fsp3) is 0.381. The summed E-state index contributed by atoms with van der Waals surface area (Å²) in [5.41, 5.74) is 0.916. The highest BCUT2D eigenvalue weighted by Gasteiger charge is 2.44. The number of nitrogens with one attached hydrogen (secondary N) is 1. The Hall–Kier alpha value is -2.89. The minimum absolute atomic E-state index is 0.0791. The van der Waals surface area contributed by atoms with E-state index < -0.39 is 5.54 Å². The molecule has 0 atom stereocenters. The Morgan fingerprint density at radius 1 is 1.07 bits per heavy atom. The van der Waals surface area contributed by atoms with Crippen LogP contribution in [0.5, 0.6) is 0 Å². The van der Waals surface area contributed by atoms with Crippen molar-refractivity contribution in [1.29, 1.82) is 0 Å². The Kier molecular flexibility index (Phi) is 4.79. The number of likely N-dealkylation sites (tertiary alicyclic amines) is 1. The number of hydrogen-bond donors (Lipinski definition) is 1. The van der Waals surface area contributed by atoms with Crippen molar-refractivity contribution < 1.29 is 9.59 Å². The van der Waals surface area contributed by atoms with Crippen LogP contribution in [-0.4, -0.2) is 39.6 Å². The number of piperidine rings is 1. The Balaban J connectivity index is 1.53. The molecule has 6 heteroatoms. The van der Waals surface area contributed by atoms with Gasteiger partial charge in [-0.2, -0.15) is 5.10 Å². The molecule has 1 fully saturated rings. The number of rotatable bonds is 4. The van der Waals surface area contributed by atoms with Crippen LogP contribution in [0, 0.1) is 0 Å². The molecule has 0 bridgehead atoms. The number of aromatic nitrogens is 2. The van der Waals surface area contributed by atoms with Crippen LogP contribution in [0.2, 0.25) is 0 Å². The first kappa shape index (κ1) is 17.5. The zero-order valence-electron chi connectivity index (χ0n) is 15.3. The van der Waals surface area contributed by atoms with Crippen molar-refractivity contribution in [3.63, 3.8) is 0 Å². The molecular weight excluding hydrogens is 340 g/mol. The zero-order chi connectivity index (χ0) is 18.7. The molecule has 0 spiro atoms. The molecule has 1 aromatic heterocycles. The Morgan fingerprint density at radius 2 is 1.85 bits per heavy atom. The quantitative estimate of drug-likeness (QED) is 0.907. The number of para-hydroxylation sites is 1. The van der Waals surface area contributed by atoms with Gasteiger partial charge in [-0.15, -0.1) is 0 Å². The summed E-state index contributed by atoms with van der Waals surface area (Å²) in [6, 6.07) is 11.3. The van der Waals surface area contributed by atoms with E-state index in [0.717, 1.165) is 30.5 Å². The van der Waals surface area contributed by atoms with Crippen molar-refractivity contribution in [1.82, 2.24) is 14.7 Å². The van der Waals surface area contributed by atoms with Crippen LogP contribution >= 0.6 is 0 Å². The summed E-state index contributed by atoms with van der Waals surface area (Å²) in [4.78, 5) is 27.8. The maximum Gasteiger partial charge on any atom is 0.252 e. The van der Waals surface area contributed by atoms with Crippen molar-refractivity contribution in [3.05, 3.63) is 60.4 Å². The van der Waals surface area contributed by atoms with Gasteiger partial charge in [-0.1, -0.05) is 24.3 Å². The van der Waals surface area contributed by atoms with Gasteiger partial charge in [-0.3, -0.25) is 14.3 Å². The lowest BCUT2D eigenvalue weighted by molar-refractivity contribution is -0.135. The van der Waals surface area contributed by atoms with Crippen molar-refractivity contribution in [2.24, 2.45) is 0 Å². The van der Waals surface area contributed by atoms with Crippen LogP contribution in [0.4, 0.5) is 5.69 Å². The van der Waals surface area contributed by atoms with E-state index in [4.69, 9.17) is 0 Å². The van der Waals surface area contributed by atoms with Gasteiger partial charge in [-0.25, -0.2) is 0 Å². The predicted molar refractivity (Wildman–Crippen MR) is 103 cm³/mol. The molecule has 140 valence electrons. The van der Waals surface area contributed by atoms with Crippen LogP contribution in [-0.2, 0) is 15.1 Å². The highest BCUT2D eigenvalue weighted by molar-refractivity contribution is 5.97. The summed E-state index contributed by atoms with van der Waals surface area (Å²) in [6.07, 6.45) is 9.60. The SMILES string of the molecule is O=C(C1=CCCC1)N1CCC(C(=O)Nc2ccccc2)(n2cccn2)CC1. The Bertz CT molecular complexity index is 834. The van der Waals surface area contributed by atoms with Crippen molar-refractivity contribution in [2.75, 3.05) is 18.4 Å². The second-order valence-electron chi connectivity index (χ2n) is 7.22. The van der Waals surface area contributed by atoms with Crippen molar-refractivity contribution >= 4 is 17.5 Å². The lowest BCUT2D eigenvalue weighted by Gasteiger charge is -2.40. The van der Waals surface area contributed by atoms with E-state index in [1.165, 1.54) is 0 Å². The fourth-order valence-corrected chi connectivity index (χ4v) is 4.00. The van der Waals surface area contributed by atoms with E-state index in [2.05, 4.69) is 16.5 Å². The third-order valence-corrected chi connectivity index (χ3v) is 5.59. The summed E-state index contributed by atoms with van der Waals surface area (Å²) in [5, 5.41) is 7.39. The van der Waals surface area contributed by atoms with Crippen LogP contribution in [0.15, 0.2) is 60.4 Å². The summed E-state index contributed by atoms with van der Waals surface area (Å²) in [7, 11) is 0. The fourth-order valence-electron chi connectivity index (χ4n) is 4.00. The van der Waals surface area contributed by atoms with E-state index in [9.17, 15) is 9.59 Å². The van der Waals surface area contributed by atoms with Crippen LogP contribution in [0.1, 0.15) is 32.1 Å². The first-order valence-electron chi connectivity index (χ1n) is 9.54. The van der Waals surface area contributed by atoms with Gasteiger partial charge in [0.2, 0.25) is 5.91 Å². The monoisotopic (exact) mass is 364 g/mol. The van der Waals surface area contributed by atoms with Crippen molar-refractivity contribution in [2.45, 2.75) is 37.6 Å². The molecule has 1 N–H and O–H groups in total. The van der Waals surface area contributed by atoms with E-state index in [1.807, 2.05) is 47.5 Å². The van der Waals surface area contributed by atoms with Gasteiger partial charge in [0.05, 0.1) is 0 Å². The normalized spacial score (nSPS) is 18.8. The summed E-state index contributed by atoms with van der Waals surface area (Å²) < 4.78 is 1.75. The summed E-state index contributed by atoms with van der Waals surface area (Å²) >= 11 is 0. The zero-order valence-corrected chi connectivity index (χ0v) is 15.3. The molecular formula is C21H24N4O2. The molecule has 2 heterocycles. The average molecular weight is 364 g/mol. The lowest BCUT2D eigenvalue weighted by atomic mass is 9.86. The molecule has 2 aromatic rings. The minimum Gasteiger partial charge on any atom is -0.339 e. The molecule has 1 aromatic carbocycles. The van der Waals surface area contributed by atoms with Gasteiger partial charge < -0.3 is 10.2 Å². The van der Waals surface area contributed by atoms with E-state index in [0.29, 0.717) is 25.9 Å². The third kappa shape index (κ3) is 3.39. The number of benzene rings is 1. The number of nitrogens with zero attached hydrogens (tertiary/aromatic N) is 3. The van der Waals surface area contributed by atoms with E-state index in [-0.39, 0.29) is 11.8 Å². The highest BCUT2D eigenvalue weighted by Crippen LogP contribution is 2.32. The molecule has 0 unspecified atom stereocenters. The maximum absolute atomic E-state index is 13.2. The van der Waals surface area contributed by atoms with Gasteiger partial charge in [0, 0.05) is 36.7 Å². The van der Waals surface area contributed by atoms with Gasteiger partial charge >= 0.3 is 0 Å². The number of carbonyl (C=O) groups excluding carboxylic acids is 2. The van der Waals surface area contributed by atoms with E-state index in [1.54, 1.807) is 10.9 Å². The van der Waals surface area contributed by atoms with Gasteiger partial charge in [0.25, 0.3) is 5.91 Å². The smallest absolute Gasteiger partial charge is 0.252 e. The molecule has 1 aliphatic carbocycles. The number of anilines is 1. The van der Waals surface area contributed by atoms with Crippen LogP contribution < -0.4 is 5.32 Å². The highest BCUT2D eigenvalue weighted by atomic mass is 16.2. The molecule has 27 heavy (non-hydrogen) atoms. The standard InChI is InChI=1S/C21H24N4O2/c26-19(17-7-4-5-8-17)24-15-11-21(12-16-24,25-14-6-13-22-25)20(27)23-18-9-2-1-3-10-18/h1-3,6-7,9-10,13-14H,4-5,8,11-12,15-16H2,(H,23,27). The third-order valence-electron chi connectivity index (χ3n) is 5.59. The maximum atomic E-state index is 13.2. The van der Waals surface area contributed by atoms with Gasteiger partial charge in [-0.05, 0) is 50.3 Å². The first-order valence-corrected chi connectivity index (χ1v) is 9.54. The number of hydrogen-bond acceptors (Lipinski definition) is 3. The largest absolute Gasteiger partial charge is 0.339 e. The lowest BCUT2D eigenvalue weighted by Crippen LogP contribution is -2.54. The molecule has 4 rings (SSSR count). The number of allylic oxidation sites excluding steroid dienone is 1. The molecule has 1 aliphatic heterocycles. The number of carbonyl (C=O) groups is 2. The van der Waals surface area contributed by atoms with Crippen molar-refractivity contribution in [3.8, 4) is 0 Å². The molecule has 6 nitrogen and oxygen atoms in total. The first-order chi connectivity index (χ1) is 13.2. The number of amides is 2. The van der Waals surface area contributed by atoms with Crippen LogP contribution in [0.3, 0.4) is 0 Å². The molecule has 2 aliphatic rings. The molecule has 1 saturated heterocycles. The average Bonchev–Trinajstić information content (AvgIpc) is 3.42. The second kappa shape index (κ2) is 7.39. The van der Waals surface area contributed by atoms with E-state index >= 15 is 0 Å². The summed E-state index contributed by atoms with van der Waals surface area (Å²) in [6.45, 7) is 1.11. The molecule has 0 radical (unpaired) electrons. The van der Waals surface area contributed by atoms with Gasteiger partial charge in [0.1, 0.15) is 5.54 Å². The second-order valence-corrected chi connectivity index (χ2v) is 7.22. The summed E-state index contributed by atoms with van der Waals surface area (Å²) in [5.74, 6) is 0.0506. The molecule has 0 saturated carbocycles. The molecule has 2 amide bonds. The van der Waals surface area contributed by atoms with Gasteiger partial charge in [0.15, 0.2) is 0 Å². The Labute approximate surface area is 158 Å².